The Hall–Kier alpha value is -3.59. The van der Waals surface area contributed by atoms with E-state index in [9.17, 15) is 9.59 Å². The molecule has 38 heavy (non-hydrogen) atoms. The highest BCUT2D eigenvalue weighted by molar-refractivity contribution is 6.33. The number of rotatable bonds is 10. The third-order valence-electron chi connectivity index (χ3n) is 6.46. The van der Waals surface area contributed by atoms with Gasteiger partial charge in [-0.3, -0.25) is 9.69 Å². The van der Waals surface area contributed by atoms with Crippen LogP contribution in [0.5, 0.6) is 5.75 Å². The van der Waals surface area contributed by atoms with Crippen LogP contribution in [0.25, 0.3) is 0 Å². The van der Waals surface area contributed by atoms with Gasteiger partial charge in [0.15, 0.2) is 0 Å². The Morgan fingerprint density at radius 3 is 2.39 bits per heavy atom. The molecule has 0 atom stereocenters. The second-order valence-electron chi connectivity index (χ2n) is 9.16. The third-order valence-corrected chi connectivity index (χ3v) is 6.79. The van der Waals surface area contributed by atoms with Crippen molar-refractivity contribution in [3.05, 3.63) is 88.9 Å². The molecule has 0 aromatic heterocycles. The van der Waals surface area contributed by atoms with E-state index in [2.05, 4.69) is 20.9 Å². The molecule has 8 nitrogen and oxygen atoms in total. The molecule has 3 aromatic rings. The highest BCUT2D eigenvalue weighted by Crippen LogP contribution is 2.27. The standard InChI is InChI=1S/C29H34ClN5O3/c1-38-27-19-23(11-12-26(27)33-29(37)32-25-10-6-5-9-24(25)30)20-28(36)35(21-22-7-3-2-4-8-22)18-17-34-15-13-31-14-16-34/h2-12,19,31H,13-18,20-21H2,1H3,(H2,32,33,37). The van der Waals surface area contributed by atoms with Crippen molar-refractivity contribution in [3.8, 4) is 5.75 Å². The largest absolute Gasteiger partial charge is 0.495 e. The number of nitrogens with one attached hydrogen (secondary N) is 3. The van der Waals surface area contributed by atoms with Crippen molar-refractivity contribution in [1.82, 2.24) is 15.1 Å². The molecule has 3 N–H and O–H groups in total. The van der Waals surface area contributed by atoms with Gasteiger partial charge in [-0.25, -0.2) is 4.79 Å². The number of hydrogen-bond acceptors (Lipinski definition) is 5. The second kappa shape index (κ2) is 13.8. The molecule has 0 spiro atoms. The average molecular weight is 536 g/mol. The lowest BCUT2D eigenvalue weighted by atomic mass is 10.1. The fraction of sp³-hybridized carbons (Fsp3) is 0.310. The van der Waals surface area contributed by atoms with Gasteiger partial charge in [-0.2, -0.15) is 0 Å². The number of hydrogen-bond donors (Lipinski definition) is 3. The molecule has 4 rings (SSSR count). The Kier molecular flexibility index (Phi) is 9.97. The Morgan fingerprint density at radius 2 is 1.66 bits per heavy atom. The van der Waals surface area contributed by atoms with Gasteiger partial charge in [-0.05, 0) is 35.4 Å². The van der Waals surface area contributed by atoms with Gasteiger partial charge < -0.3 is 25.6 Å². The van der Waals surface area contributed by atoms with Crippen LogP contribution >= 0.6 is 11.6 Å². The molecule has 3 amide bonds. The topological polar surface area (TPSA) is 85.9 Å². The quantitative estimate of drug-likeness (QED) is 0.357. The van der Waals surface area contributed by atoms with Crippen LogP contribution in [-0.2, 0) is 17.8 Å². The van der Waals surface area contributed by atoms with Crippen molar-refractivity contribution in [3.63, 3.8) is 0 Å². The van der Waals surface area contributed by atoms with Crippen molar-refractivity contribution in [2.45, 2.75) is 13.0 Å². The zero-order chi connectivity index (χ0) is 26.7. The lowest BCUT2D eigenvalue weighted by Gasteiger charge is -2.30. The highest BCUT2D eigenvalue weighted by atomic mass is 35.5. The van der Waals surface area contributed by atoms with Crippen LogP contribution in [0.1, 0.15) is 11.1 Å². The number of para-hydroxylation sites is 1. The van der Waals surface area contributed by atoms with E-state index in [-0.39, 0.29) is 12.3 Å². The Balaban J connectivity index is 1.41. The number of anilines is 2. The van der Waals surface area contributed by atoms with E-state index in [1.807, 2.05) is 41.3 Å². The molecule has 1 aliphatic heterocycles. The minimum Gasteiger partial charge on any atom is -0.495 e. The Labute approximate surface area is 228 Å². The number of nitrogens with zero attached hydrogens (tertiary/aromatic N) is 2. The van der Waals surface area contributed by atoms with Crippen LogP contribution in [0.4, 0.5) is 16.2 Å². The van der Waals surface area contributed by atoms with Crippen molar-refractivity contribution in [2.75, 3.05) is 57.0 Å². The smallest absolute Gasteiger partial charge is 0.323 e. The van der Waals surface area contributed by atoms with Gasteiger partial charge in [0.05, 0.1) is 29.9 Å². The molecule has 1 saturated heterocycles. The molecule has 200 valence electrons. The molecule has 0 bridgehead atoms. The van der Waals surface area contributed by atoms with Gasteiger partial charge in [0.2, 0.25) is 5.91 Å². The lowest BCUT2D eigenvalue weighted by molar-refractivity contribution is -0.131. The lowest BCUT2D eigenvalue weighted by Crippen LogP contribution is -2.47. The third kappa shape index (κ3) is 7.95. The van der Waals surface area contributed by atoms with E-state index in [1.54, 1.807) is 36.4 Å². The van der Waals surface area contributed by atoms with Gasteiger partial charge in [0, 0.05) is 45.8 Å². The van der Waals surface area contributed by atoms with Gasteiger partial charge in [0.25, 0.3) is 0 Å². The molecular weight excluding hydrogens is 502 g/mol. The average Bonchev–Trinajstić information content (AvgIpc) is 2.94. The maximum atomic E-state index is 13.4. The van der Waals surface area contributed by atoms with E-state index in [4.69, 9.17) is 16.3 Å². The number of piperazine rings is 1. The molecule has 0 saturated carbocycles. The highest BCUT2D eigenvalue weighted by Gasteiger charge is 2.18. The monoisotopic (exact) mass is 535 g/mol. The first-order chi connectivity index (χ1) is 18.5. The van der Waals surface area contributed by atoms with Crippen molar-refractivity contribution in [1.29, 1.82) is 0 Å². The number of ether oxygens (including phenoxy) is 1. The van der Waals surface area contributed by atoms with Crippen molar-refractivity contribution >= 4 is 34.9 Å². The number of amides is 3. The summed E-state index contributed by atoms with van der Waals surface area (Å²) in [7, 11) is 1.53. The Morgan fingerprint density at radius 1 is 0.947 bits per heavy atom. The van der Waals surface area contributed by atoms with Crippen LogP contribution in [0.3, 0.4) is 0 Å². The summed E-state index contributed by atoms with van der Waals surface area (Å²) in [6.07, 6.45) is 0.233. The van der Waals surface area contributed by atoms with Gasteiger partial charge in [0.1, 0.15) is 5.75 Å². The number of carbonyl (C=O) groups excluding carboxylic acids is 2. The fourth-order valence-electron chi connectivity index (χ4n) is 4.37. The summed E-state index contributed by atoms with van der Waals surface area (Å²) in [6, 6.07) is 22.0. The summed E-state index contributed by atoms with van der Waals surface area (Å²) in [5, 5.41) is 9.33. The van der Waals surface area contributed by atoms with Crippen molar-refractivity contribution < 1.29 is 14.3 Å². The summed E-state index contributed by atoms with van der Waals surface area (Å²) in [5.41, 5.74) is 2.91. The molecule has 0 unspecified atom stereocenters. The molecule has 3 aromatic carbocycles. The summed E-state index contributed by atoms with van der Waals surface area (Å²) in [5.74, 6) is 0.517. The van der Waals surface area contributed by atoms with E-state index in [1.165, 1.54) is 7.11 Å². The minimum absolute atomic E-state index is 0.0446. The Bertz CT molecular complexity index is 1220. The number of halogens is 1. The predicted octanol–water partition coefficient (Wildman–Crippen LogP) is 4.47. The summed E-state index contributed by atoms with van der Waals surface area (Å²) >= 11 is 6.13. The maximum absolute atomic E-state index is 13.4. The first kappa shape index (κ1) is 27.4. The van der Waals surface area contributed by atoms with E-state index in [0.29, 0.717) is 35.2 Å². The number of carbonyl (C=O) groups is 2. The summed E-state index contributed by atoms with van der Waals surface area (Å²) in [6.45, 7) is 5.99. The molecule has 9 heteroatoms. The van der Waals surface area contributed by atoms with E-state index < -0.39 is 6.03 Å². The zero-order valence-electron chi connectivity index (χ0n) is 21.6. The van der Waals surface area contributed by atoms with Gasteiger partial charge in [-0.1, -0.05) is 60.1 Å². The van der Waals surface area contributed by atoms with Crippen molar-refractivity contribution in [2.24, 2.45) is 0 Å². The molecule has 1 fully saturated rings. The molecule has 1 aliphatic rings. The van der Waals surface area contributed by atoms with Gasteiger partial charge >= 0.3 is 6.03 Å². The number of urea groups is 1. The van der Waals surface area contributed by atoms with Gasteiger partial charge in [-0.15, -0.1) is 0 Å². The van der Waals surface area contributed by atoms with E-state index in [0.717, 1.165) is 43.9 Å². The predicted molar refractivity (Wildman–Crippen MR) is 152 cm³/mol. The SMILES string of the molecule is COc1cc(CC(=O)N(CCN2CCNCC2)Cc2ccccc2)ccc1NC(=O)Nc1ccccc1Cl. The van der Waals surface area contributed by atoms with Crippen LogP contribution in [0.15, 0.2) is 72.8 Å². The normalized spacial score (nSPS) is 13.5. The number of benzene rings is 3. The summed E-state index contributed by atoms with van der Waals surface area (Å²) < 4.78 is 5.52. The summed E-state index contributed by atoms with van der Waals surface area (Å²) in [4.78, 5) is 30.3. The number of methoxy groups -OCH3 is 1. The maximum Gasteiger partial charge on any atom is 0.323 e. The molecule has 1 heterocycles. The molecule has 0 aliphatic carbocycles. The van der Waals surface area contributed by atoms with Crippen LogP contribution < -0.4 is 20.7 Å². The minimum atomic E-state index is -0.442. The van der Waals surface area contributed by atoms with Crippen LogP contribution in [0.2, 0.25) is 5.02 Å². The molecule has 0 radical (unpaired) electrons. The van der Waals surface area contributed by atoms with E-state index >= 15 is 0 Å². The van der Waals surface area contributed by atoms with Crippen LogP contribution in [0, 0.1) is 0 Å². The fourth-order valence-corrected chi connectivity index (χ4v) is 4.55. The van der Waals surface area contributed by atoms with Crippen LogP contribution in [-0.4, -0.2) is 68.1 Å². The second-order valence-corrected chi connectivity index (χ2v) is 9.57. The first-order valence-electron chi connectivity index (χ1n) is 12.8. The molecular formula is C29H34ClN5O3. The first-order valence-corrected chi connectivity index (χ1v) is 13.1. The zero-order valence-corrected chi connectivity index (χ0v) is 22.3.